The first-order valence-electron chi connectivity index (χ1n) is 5.01. The molecule has 0 aromatic carbocycles. The lowest BCUT2D eigenvalue weighted by atomic mass is 9.66. The molecule has 1 saturated carbocycles. The number of nitrogens with zero attached hydrogens (tertiary/aromatic N) is 1. The molecule has 0 saturated heterocycles. The molecule has 0 spiro atoms. The number of ether oxygens (including phenoxy) is 1. The Morgan fingerprint density at radius 1 is 1.57 bits per heavy atom. The Bertz CT molecular complexity index is 315. The van der Waals surface area contributed by atoms with Crippen molar-refractivity contribution in [1.29, 1.82) is 0 Å². The molecule has 3 heteroatoms. The van der Waals surface area contributed by atoms with Crippen LogP contribution in [0.25, 0.3) is 0 Å². The molecule has 1 aliphatic carbocycles. The second-order valence-electron chi connectivity index (χ2n) is 3.92. The standard InChI is InChI=1S/C11H16N2O/c1-14-9-3-6-13-10(7-9)11(8-12)4-2-5-11/h3,6-7H,2,4-5,8,12H2,1H3. The molecule has 1 aliphatic rings. The van der Waals surface area contributed by atoms with E-state index in [1.807, 2.05) is 12.1 Å². The molecular weight excluding hydrogens is 176 g/mol. The molecular formula is C11H16N2O. The van der Waals surface area contributed by atoms with Crippen molar-refractivity contribution in [3.05, 3.63) is 24.0 Å². The predicted molar refractivity (Wildman–Crippen MR) is 55.4 cm³/mol. The third kappa shape index (κ3) is 1.38. The van der Waals surface area contributed by atoms with Gasteiger partial charge in [-0.3, -0.25) is 4.98 Å². The summed E-state index contributed by atoms with van der Waals surface area (Å²) in [5.41, 5.74) is 7.03. The highest BCUT2D eigenvalue weighted by Gasteiger charge is 2.38. The fraction of sp³-hybridized carbons (Fsp3) is 0.545. The van der Waals surface area contributed by atoms with Crippen LogP contribution in [-0.4, -0.2) is 18.6 Å². The van der Waals surface area contributed by atoms with Crippen molar-refractivity contribution in [3.63, 3.8) is 0 Å². The molecule has 3 nitrogen and oxygen atoms in total. The number of aromatic nitrogens is 1. The summed E-state index contributed by atoms with van der Waals surface area (Å²) in [6, 6.07) is 3.87. The van der Waals surface area contributed by atoms with Crippen LogP contribution in [0.3, 0.4) is 0 Å². The van der Waals surface area contributed by atoms with Gasteiger partial charge in [0.25, 0.3) is 0 Å². The van der Waals surface area contributed by atoms with Gasteiger partial charge in [0.1, 0.15) is 5.75 Å². The Kier molecular flexibility index (Phi) is 2.42. The van der Waals surface area contributed by atoms with Crippen molar-refractivity contribution in [2.45, 2.75) is 24.7 Å². The van der Waals surface area contributed by atoms with E-state index in [-0.39, 0.29) is 5.41 Å². The highest BCUT2D eigenvalue weighted by Crippen LogP contribution is 2.42. The molecule has 0 bridgehead atoms. The van der Waals surface area contributed by atoms with Gasteiger partial charge in [0, 0.05) is 24.2 Å². The third-order valence-corrected chi connectivity index (χ3v) is 3.21. The number of rotatable bonds is 3. The van der Waals surface area contributed by atoms with E-state index < -0.39 is 0 Å². The lowest BCUT2D eigenvalue weighted by Crippen LogP contribution is -2.42. The van der Waals surface area contributed by atoms with Crippen molar-refractivity contribution < 1.29 is 4.74 Å². The van der Waals surface area contributed by atoms with Crippen LogP contribution >= 0.6 is 0 Å². The van der Waals surface area contributed by atoms with Gasteiger partial charge in [-0.2, -0.15) is 0 Å². The highest BCUT2D eigenvalue weighted by atomic mass is 16.5. The van der Waals surface area contributed by atoms with E-state index in [9.17, 15) is 0 Å². The minimum atomic E-state index is 0.133. The number of hydrogen-bond donors (Lipinski definition) is 1. The molecule has 0 unspecified atom stereocenters. The van der Waals surface area contributed by atoms with Crippen LogP contribution < -0.4 is 10.5 Å². The topological polar surface area (TPSA) is 48.1 Å². The van der Waals surface area contributed by atoms with Crippen molar-refractivity contribution in [2.75, 3.05) is 13.7 Å². The normalized spacial score (nSPS) is 18.7. The minimum absolute atomic E-state index is 0.133. The van der Waals surface area contributed by atoms with Gasteiger partial charge in [-0.05, 0) is 18.9 Å². The summed E-state index contributed by atoms with van der Waals surface area (Å²) in [6.07, 6.45) is 5.37. The maximum atomic E-state index is 5.81. The molecule has 1 heterocycles. The number of nitrogens with two attached hydrogens (primary N) is 1. The zero-order valence-corrected chi connectivity index (χ0v) is 8.49. The summed E-state index contributed by atoms with van der Waals surface area (Å²) in [5, 5.41) is 0. The van der Waals surface area contributed by atoms with Gasteiger partial charge in [-0.15, -0.1) is 0 Å². The van der Waals surface area contributed by atoms with E-state index in [1.54, 1.807) is 13.3 Å². The second-order valence-corrected chi connectivity index (χ2v) is 3.92. The Labute approximate surface area is 84.3 Å². The third-order valence-electron chi connectivity index (χ3n) is 3.21. The summed E-state index contributed by atoms with van der Waals surface area (Å²) in [6.45, 7) is 0.688. The molecule has 0 aliphatic heterocycles. The van der Waals surface area contributed by atoms with E-state index in [2.05, 4.69) is 4.98 Å². The SMILES string of the molecule is COc1ccnc(C2(CN)CCC2)c1. The van der Waals surface area contributed by atoms with Crippen LogP contribution in [0.4, 0.5) is 0 Å². The quantitative estimate of drug-likeness (QED) is 0.789. The first kappa shape index (κ1) is 9.46. The van der Waals surface area contributed by atoms with E-state index in [0.717, 1.165) is 24.3 Å². The average Bonchev–Trinajstić information content (AvgIpc) is 2.18. The fourth-order valence-electron chi connectivity index (χ4n) is 2.00. The summed E-state index contributed by atoms with van der Waals surface area (Å²) in [4.78, 5) is 4.39. The van der Waals surface area contributed by atoms with Crippen LogP contribution in [0.1, 0.15) is 25.0 Å². The smallest absolute Gasteiger partial charge is 0.122 e. The number of hydrogen-bond acceptors (Lipinski definition) is 3. The zero-order valence-electron chi connectivity index (χ0n) is 8.49. The highest BCUT2D eigenvalue weighted by molar-refractivity contribution is 5.29. The van der Waals surface area contributed by atoms with Crippen LogP contribution in [0.15, 0.2) is 18.3 Å². The van der Waals surface area contributed by atoms with Gasteiger partial charge in [-0.1, -0.05) is 6.42 Å². The van der Waals surface area contributed by atoms with E-state index in [1.165, 1.54) is 6.42 Å². The van der Waals surface area contributed by atoms with Gasteiger partial charge in [0.05, 0.1) is 12.8 Å². The van der Waals surface area contributed by atoms with Gasteiger partial charge in [0.2, 0.25) is 0 Å². The summed E-state index contributed by atoms with van der Waals surface area (Å²) in [7, 11) is 1.68. The average molecular weight is 192 g/mol. The molecule has 1 aromatic heterocycles. The second kappa shape index (κ2) is 3.58. The van der Waals surface area contributed by atoms with E-state index in [4.69, 9.17) is 10.5 Å². The van der Waals surface area contributed by atoms with E-state index in [0.29, 0.717) is 6.54 Å². The molecule has 1 fully saturated rings. The molecule has 76 valence electrons. The predicted octanol–water partition coefficient (Wildman–Crippen LogP) is 1.47. The van der Waals surface area contributed by atoms with Gasteiger partial charge < -0.3 is 10.5 Å². The molecule has 0 radical (unpaired) electrons. The number of pyridine rings is 1. The first-order chi connectivity index (χ1) is 6.80. The monoisotopic (exact) mass is 192 g/mol. The number of methoxy groups -OCH3 is 1. The van der Waals surface area contributed by atoms with Crippen LogP contribution in [0.5, 0.6) is 5.75 Å². The minimum Gasteiger partial charge on any atom is -0.497 e. The Balaban J connectivity index is 2.30. The zero-order chi connectivity index (χ0) is 10.0. The molecule has 14 heavy (non-hydrogen) atoms. The maximum Gasteiger partial charge on any atom is 0.122 e. The lowest BCUT2D eigenvalue weighted by molar-refractivity contribution is 0.245. The summed E-state index contributed by atoms with van der Waals surface area (Å²) < 4.78 is 5.18. The van der Waals surface area contributed by atoms with Crippen LogP contribution in [-0.2, 0) is 5.41 Å². The molecule has 2 N–H and O–H groups in total. The Hall–Kier alpha value is -1.09. The van der Waals surface area contributed by atoms with Crippen LogP contribution in [0, 0.1) is 0 Å². The van der Waals surface area contributed by atoms with Crippen molar-refractivity contribution in [1.82, 2.24) is 4.98 Å². The van der Waals surface area contributed by atoms with Gasteiger partial charge in [0.15, 0.2) is 0 Å². The van der Waals surface area contributed by atoms with Gasteiger partial charge >= 0.3 is 0 Å². The first-order valence-corrected chi connectivity index (χ1v) is 5.01. The lowest BCUT2D eigenvalue weighted by Gasteiger charge is -2.40. The fourth-order valence-corrected chi connectivity index (χ4v) is 2.00. The maximum absolute atomic E-state index is 5.81. The Morgan fingerprint density at radius 2 is 2.36 bits per heavy atom. The van der Waals surface area contributed by atoms with Crippen molar-refractivity contribution in [2.24, 2.45) is 5.73 Å². The van der Waals surface area contributed by atoms with Crippen LogP contribution in [0.2, 0.25) is 0 Å². The molecule has 1 aromatic rings. The van der Waals surface area contributed by atoms with Crippen molar-refractivity contribution in [3.8, 4) is 5.75 Å². The molecule has 0 atom stereocenters. The van der Waals surface area contributed by atoms with E-state index >= 15 is 0 Å². The Morgan fingerprint density at radius 3 is 2.86 bits per heavy atom. The molecule has 2 rings (SSSR count). The molecule has 0 amide bonds. The van der Waals surface area contributed by atoms with Crippen molar-refractivity contribution >= 4 is 0 Å². The summed E-state index contributed by atoms with van der Waals surface area (Å²) >= 11 is 0. The summed E-state index contributed by atoms with van der Waals surface area (Å²) in [5.74, 6) is 0.870. The largest absolute Gasteiger partial charge is 0.497 e. The van der Waals surface area contributed by atoms with Gasteiger partial charge in [-0.25, -0.2) is 0 Å².